The molecule has 0 heterocycles. The topological polar surface area (TPSA) is 57.2 Å². The first-order valence-corrected chi connectivity index (χ1v) is 4.57. The molecule has 0 aromatic heterocycles. The molecule has 0 atom stereocenters. The van der Waals surface area contributed by atoms with E-state index in [4.69, 9.17) is 0 Å². The Kier molecular flexibility index (Phi) is 10.5. The maximum absolute atomic E-state index is 9.95. The van der Waals surface area contributed by atoms with Crippen LogP contribution in [0.5, 0.6) is 0 Å². The average Bonchev–Trinajstić information content (AvgIpc) is 1.63. The summed E-state index contributed by atoms with van der Waals surface area (Å²) in [4.78, 5) is 0. The van der Waals surface area contributed by atoms with E-state index in [1.807, 2.05) is 6.92 Å². The second kappa shape index (κ2) is 7.37. The molecular formula is C5H11O3RbS. The van der Waals surface area contributed by atoms with Crippen LogP contribution < -0.4 is 58.2 Å². The van der Waals surface area contributed by atoms with Gasteiger partial charge in [0.1, 0.15) is 0 Å². The van der Waals surface area contributed by atoms with Gasteiger partial charge in [-0.3, -0.25) is 0 Å². The van der Waals surface area contributed by atoms with E-state index in [1.54, 1.807) is 0 Å². The standard InChI is InChI=1S/C5H12O3S.Rb/c1-2-3-4-5-9(6,7)8;/h2-5H2,1H3,(H,6,7,8);/q;+1/p-1. The Morgan fingerprint density at radius 1 is 1.30 bits per heavy atom. The summed E-state index contributed by atoms with van der Waals surface area (Å²) in [6, 6.07) is 0. The zero-order valence-corrected chi connectivity index (χ0v) is 12.2. The monoisotopic (exact) mass is 236 g/mol. The molecule has 0 aliphatic rings. The van der Waals surface area contributed by atoms with Crippen molar-refractivity contribution in [3.05, 3.63) is 0 Å². The average molecular weight is 237 g/mol. The predicted molar refractivity (Wildman–Crippen MR) is 34.1 cm³/mol. The summed E-state index contributed by atoms with van der Waals surface area (Å²) in [6.07, 6.45) is 2.26. The van der Waals surface area contributed by atoms with Crippen molar-refractivity contribution >= 4 is 10.1 Å². The van der Waals surface area contributed by atoms with Gasteiger partial charge in [-0.2, -0.15) is 0 Å². The van der Waals surface area contributed by atoms with Crippen molar-refractivity contribution in [1.82, 2.24) is 0 Å². The molecule has 0 aliphatic heterocycles. The molecule has 0 saturated carbocycles. The van der Waals surface area contributed by atoms with E-state index in [2.05, 4.69) is 0 Å². The van der Waals surface area contributed by atoms with Gasteiger partial charge in [0.05, 0.1) is 10.1 Å². The van der Waals surface area contributed by atoms with Crippen LogP contribution in [0.4, 0.5) is 0 Å². The molecule has 0 aromatic rings. The first-order valence-electron chi connectivity index (χ1n) is 3.00. The molecule has 5 heteroatoms. The largest absolute Gasteiger partial charge is 1.00 e. The van der Waals surface area contributed by atoms with Crippen LogP contribution in [0.3, 0.4) is 0 Å². The third-order valence-electron chi connectivity index (χ3n) is 0.998. The third kappa shape index (κ3) is 12.4. The van der Waals surface area contributed by atoms with Crippen LogP contribution in [0, 0.1) is 0 Å². The van der Waals surface area contributed by atoms with Crippen molar-refractivity contribution in [2.45, 2.75) is 26.2 Å². The van der Waals surface area contributed by atoms with E-state index < -0.39 is 10.1 Å². The van der Waals surface area contributed by atoms with Gasteiger partial charge in [-0.1, -0.05) is 19.8 Å². The maximum Gasteiger partial charge on any atom is 1.00 e. The van der Waals surface area contributed by atoms with E-state index in [1.165, 1.54) is 0 Å². The van der Waals surface area contributed by atoms with Crippen molar-refractivity contribution in [2.75, 3.05) is 5.75 Å². The van der Waals surface area contributed by atoms with E-state index >= 15 is 0 Å². The Morgan fingerprint density at radius 2 is 1.80 bits per heavy atom. The van der Waals surface area contributed by atoms with Crippen molar-refractivity contribution in [3.63, 3.8) is 0 Å². The zero-order valence-electron chi connectivity index (χ0n) is 6.46. The predicted octanol–water partition coefficient (Wildman–Crippen LogP) is -2.27. The van der Waals surface area contributed by atoms with Crippen LogP contribution in [0.2, 0.25) is 0 Å². The molecule has 0 N–H and O–H groups in total. The molecule has 56 valence electrons. The second-order valence-corrected chi connectivity index (χ2v) is 3.49. The second-order valence-electron chi connectivity index (χ2n) is 1.97. The van der Waals surface area contributed by atoms with Crippen LogP contribution in [-0.4, -0.2) is 18.7 Å². The van der Waals surface area contributed by atoms with E-state index in [0.29, 0.717) is 6.42 Å². The molecule has 0 rings (SSSR count). The van der Waals surface area contributed by atoms with Crippen LogP contribution in [0.1, 0.15) is 26.2 Å². The summed E-state index contributed by atoms with van der Waals surface area (Å²) in [5, 5.41) is 0. The Hall–Kier alpha value is 1.72. The fourth-order valence-electron chi connectivity index (χ4n) is 0.529. The Labute approximate surface area is 111 Å². The summed E-state index contributed by atoms with van der Waals surface area (Å²) in [7, 11) is -3.95. The third-order valence-corrected chi connectivity index (χ3v) is 1.79. The molecule has 0 fully saturated rings. The number of hydrogen-bond donors (Lipinski definition) is 0. The van der Waals surface area contributed by atoms with Gasteiger partial charge in [-0.05, 0) is 6.42 Å². The maximum atomic E-state index is 9.95. The van der Waals surface area contributed by atoms with E-state index in [9.17, 15) is 13.0 Å². The molecule has 0 bridgehead atoms. The van der Waals surface area contributed by atoms with Gasteiger partial charge >= 0.3 is 58.2 Å². The van der Waals surface area contributed by atoms with Gasteiger partial charge in [0.25, 0.3) is 0 Å². The summed E-state index contributed by atoms with van der Waals surface area (Å²) in [5.41, 5.74) is 0. The van der Waals surface area contributed by atoms with Crippen LogP contribution in [0.15, 0.2) is 0 Å². The SMILES string of the molecule is CCCCCS(=O)(=O)[O-].[Rb+]. The normalized spacial score (nSPS) is 10.6. The summed E-state index contributed by atoms with van der Waals surface area (Å²) in [5.74, 6) is -0.208. The van der Waals surface area contributed by atoms with Gasteiger partial charge in [0.15, 0.2) is 0 Å². The minimum absolute atomic E-state index is 0. The summed E-state index contributed by atoms with van der Waals surface area (Å²) >= 11 is 0. The smallest absolute Gasteiger partial charge is 0.748 e. The van der Waals surface area contributed by atoms with E-state index in [-0.39, 0.29) is 63.9 Å². The Bertz CT molecular complexity index is 152. The molecular weight excluding hydrogens is 226 g/mol. The summed E-state index contributed by atoms with van der Waals surface area (Å²) < 4.78 is 29.9. The van der Waals surface area contributed by atoms with Gasteiger partial charge in [-0.15, -0.1) is 0 Å². The molecule has 0 saturated heterocycles. The fraction of sp³-hybridized carbons (Fsp3) is 1.00. The molecule has 0 spiro atoms. The molecule has 10 heavy (non-hydrogen) atoms. The number of unbranched alkanes of at least 4 members (excludes halogenated alkanes) is 2. The molecule has 0 radical (unpaired) electrons. The van der Waals surface area contributed by atoms with Crippen molar-refractivity contribution in [2.24, 2.45) is 0 Å². The molecule has 0 aliphatic carbocycles. The zero-order chi connectivity index (χ0) is 7.33. The Balaban J connectivity index is 0. The molecule has 3 nitrogen and oxygen atoms in total. The van der Waals surface area contributed by atoms with Gasteiger partial charge < -0.3 is 4.55 Å². The summed E-state index contributed by atoms with van der Waals surface area (Å²) in [6.45, 7) is 1.96. The quantitative estimate of drug-likeness (QED) is 0.409. The molecule has 0 amide bonds. The van der Waals surface area contributed by atoms with E-state index in [0.717, 1.165) is 12.8 Å². The van der Waals surface area contributed by atoms with Crippen LogP contribution in [-0.2, 0) is 10.1 Å². The van der Waals surface area contributed by atoms with Gasteiger partial charge in [-0.25, -0.2) is 8.42 Å². The first kappa shape index (κ1) is 14.3. The number of hydrogen-bond acceptors (Lipinski definition) is 3. The molecule has 0 aromatic carbocycles. The van der Waals surface area contributed by atoms with Crippen molar-refractivity contribution < 1.29 is 71.2 Å². The fourth-order valence-corrected chi connectivity index (χ4v) is 1.09. The van der Waals surface area contributed by atoms with Gasteiger partial charge in [0.2, 0.25) is 0 Å². The minimum atomic E-state index is -3.95. The van der Waals surface area contributed by atoms with Gasteiger partial charge in [0, 0.05) is 5.75 Å². The van der Waals surface area contributed by atoms with Crippen LogP contribution in [0.25, 0.3) is 0 Å². The van der Waals surface area contributed by atoms with Crippen molar-refractivity contribution in [3.8, 4) is 0 Å². The van der Waals surface area contributed by atoms with Crippen LogP contribution >= 0.6 is 0 Å². The Morgan fingerprint density at radius 3 is 2.10 bits per heavy atom. The first-order chi connectivity index (χ1) is 4.06. The minimum Gasteiger partial charge on any atom is -0.748 e. The number of rotatable bonds is 4. The van der Waals surface area contributed by atoms with Crippen molar-refractivity contribution in [1.29, 1.82) is 0 Å². The molecule has 0 unspecified atom stereocenters.